The van der Waals surface area contributed by atoms with Crippen molar-refractivity contribution in [1.29, 1.82) is 0 Å². The normalized spacial score (nSPS) is 21.0. The van der Waals surface area contributed by atoms with Crippen molar-refractivity contribution in [2.75, 3.05) is 37.6 Å². The molecule has 0 spiro atoms. The van der Waals surface area contributed by atoms with Gasteiger partial charge in [0.15, 0.2) is 0 Å². The number of hydrogen-bond acceptors (Lipinski definition) is 8. The number of likely N-dealkylation sites (tertiary alicyclic amines) is 1. The van der Waals surface area contributed by atoms with Crippen LogP contribution in [0.5, 0.6) is 0 Å². The second kappa shape index (κ2) is 15.5. The van der Waals surface area contributed by atoms with E-state index in [1.165, 1.54) is 24.3 Å². The molecule has 1 amide bonds. The summed E-state index contributed by atoms with van der Waals surface area (Å²) >= 11 is 0. The molecule has 4 aromatic rings. The Morgan fingerprint density at radius 3 is 2.44 bits per heavy atom. The van der Waals surface area contributed by atoms with Crippen LogP contribution in [0.2, 0.25) is 0 Å². The molecule has 1 saturated carbocycles. The zero-order valence-electron chi connectivity index (χ0n) is 30.4. The van der Waals surface area contributed by atoms with Gasteiger partial charge in [-0.1, -0.05) is 31.5 Å². The second-order valence-electron chi connectivity index (χ2n) is 15.1. The zero-order valence-corrected chi connectivity index (χ0v) is 31.2. The van der Waals surface area contributed by atoms with Gasteiger partial charge in [0.05, 0.1) is 14.7 Å². The number of aryl methyl sites for hydroxylation is 1. The number of nitro benzene ring substituents is 1. The van der Waals surface area contributed by atoms with E-state index in [0.29, 0.717) is 12.5 Å². The van der Waals surface area contributed by atoms with Crippen molar-refractivity contribution >= 4 is 27.3 Å². The quantitative estimate of drug-likeness (QED) is 0.114. The van der Waals surface area contributed by atoms with E-state index in [9.17, 15) is 28.4 Å². The van der Waals surface area contributed by atoms with E-state index in [1.54, 1.807) is 36.4 Å². The molecule has 1 aliphatic carbocycles. The lowest BCUT2D eigenvalue weighted by atomic mass is 9.58. The number of nitrogens with one attached hydrogen (secondary N) is 1. The first-order valence-electron chi connectivity index (χ1n) is 18.8. The minimum Gasteiger partial charge on any atom is -0.465 e. The van der Waals surface area contributed by atoms with Gasteiger partial charge in [0.25, 0.3) is 5.69 Å². The molecule has 0 bridgehead atoms. The van der Waals surface area contributed by atoms with Crippen molar-refractivity contribution < 1.29 is 27.6 Å². The van der Waals surface area contributed by atoms with Gasteiger partial charge in [-0.2, -0.15) is 0 Å². The molecule has 3 aromatic carbocycles. The number of piperidine rings is 1. The average molecular weight is 759 g/mol. The topological polar surface area (TPSA) is 151 Å². The summed E-state index contributed by atoms with van der Waals surface area (Å²) in [6.07, 6.45) is 7.88. The Morgan fingerprint density at radius 1 is 1.02 bits per heavy atom. The van der Waals surface area contributed by atoms with Crippen LogP contribution in [0.4, 0.5) is 20.6 Å². The molecular weight excluding hydrogens is 712 g/mol. The smallest absolute Gasteiger partial charge is 0.404 e. The monoisotopic (exact) mass is 758 g/mol. The Morgan fingerprint density at radius 2 is 1.76 bits per heavy atom. The zero-order chi connectivity index (χ0) is 38.0. The summed E-state index contributed by atoms with van der Waals surface area (Å²) in [5, 5.41) is 23.9. The van der Waals surface area contributed by atoms with Gasteiger partial charge in [0.2, 0.25) is 9.84 Å². The van der Waals surface area contributed by atoms with E-state index < -0.39 is 26.3 Å². The van der Waals surface area contributed by atoms with Crippen LogP contribution in [0.15, 0.2) is 95.0 Å². The number of aromatic nitrogens is 2. The Balaban J connectivity index is 1.04. The van der Waals surface area contributed by atoms with Gasteiger partial charge in [-0.25, -0.2) is 22.6 Å². The minimum absolute atomic E-state index is 0.00756. The van der Waals surface area contributed by atoms with Crippen LogP contribution in [-0.4, -0.2) is 77.8 Å². The van der Waals surface area contributed by atoms with Crippen LogP contribution in [-0.2, 0) is 28.2 Å². The molecule has 3 fully saturated rings. The molecule has 12 nitrogen and oxygen atoms in total. The maximum atomic E-state index is 15.1. The number of sulfone groups is 1. The van der Waals surface area contributed by atoms with Crippen molar-refractivity contribution in [2.45, 2.75) is 73.2 Å². The third-order valence-electron chi connectivity index (χ3n) is 12.0. The van der Waals surface area contributed by atoms with Crippen LogP contribution in [0.25, 0.3) is 0 Å². The second-order valence-corrected chi connectivity index (χ2v) is 17.0. The van der Waals surface area contributed by atoms with Crippen LogP contribution in [0.3, 0.4) is 0 Å². The Bertz CT molecular complexity index is 2080. The number of carboxylic acid groups (broad SMARTS) is 1. The van der Waals surface area contributed by atoms with E-state index in [0.717, 1.165) is 94.4 Å². The fourth-order valence-corrected chi connectivity index (χ4v) is 10.8. The molecule has 54 heavy (non-hydrogen) atoms. The lowest BCUT2D eigenvalue weighted by Gasteiger charge is -2.51. The molecule has 0 unspecified atom stereocenters. The Kier molecular flexibility index (Phi) is 10.8. The predicted octanol–water partition coefficient (Wildman–Crippen LogP) is 6.55. The SMILES string of the molecule is CCc1nccn1C[C@@](c1cccc(F)c1)(C1CCN(CC2CN(c3ccc(S(=O)(=O)c4cccc([N+](=O)[O-])c4)cc3)C2)CC1)[C@H]1CCC[C@@H]1NC(=O)O. The Hall–Kier alpha value is -4.82. The molecule has 14 heteroatoms. The van der Waals surface area contributed by atoms with Gasteiger partial charge in [0.1, 0.15) is 11.6 Å². The van der Waals surface area contributed by atoms with E-state index in [4.69, 9.17) is 0 Å². The lowest BCUT2D eigenvalue weighted by molar-refractivity contribution is -0.385. The van der Waals surface area contributed by atoms with Crippen molar-refractivity contribution in [2.24, 2.45) is 17.8 Å². The number of amides is 1. The largest absolute Gasteiger partial charge is 0.465 e. The fraction of sp³-hybridized carbons (Fsp3) is 0.450. The van der Waals surface area contributed by atoms with Crippen LogP contribution in [0.1, 0.15) is 50.4 Å². The molecule has 3 aliphatic rings. The lowest BCUT2D eigenvalue weighted by Crippen LogP contribution is -2.56. The average Bonchev–Trinajstić information content (AvgIpc) is 3.81. The highest BCUT2D eigenvalue weighted by molar-refractivity contribution is 7.91. The molecule has 3 atom stereocenters. The van der Waals surface area contributed by atoms with Gasteiger partial charge >= 0.3 is 6.09 Å². The Labute approximate surface area is 315 Å². The van der Waals surface area contributed by atoms with E-state index in [2.05, 4.69) is 31.6 Å². The number of carbonyl (C=O) groups is 1. The van der Waals surface area contributed by atoms with Crippen LogP contribution in [0, 0.1) is 33.7 Å². The fourth-order valence-electron chi connectivity index (χ4n) is 9.48. The highest BCUT2D eigenvalue weighted by atomic mass is 32.2. The van der Waals surface area contributed by atoms with Gasteiger partial charge < -0.3 is 24.8 Å². The molecule has 1 aromatic heterocycles. The molecular formula is C40H47FN6O6S. The third-order valence-corrected chi connectivity index (χ3v) is 13.8. The van der Waals surface area contributed by atoms with Crippen molar-refractivity contribution in [1.82, 2.24) is 19.8 Å². The number of imidazole rings is 1. The van der Waals surface area contributed by atoms with Gasteiger partial charge in [-0.15, -0.1) is 0 Å². The molecule has 286 valence electrons. The highest BCUT2D eigenvalue weighted by Gasteiger charge is 2.52. The standard InChI is InChI=1S/C40H47FN6O6S/c1-2-38-42-18-21-45(38)27-40(30-6-3-7-31(41)22-30,36-10-5-11-37(36)43-39(48)49)29-16-19-44(20-17-29)24-28-25-46(26-28)32-12-14-34(15-13-32)54(52,53)35-9-4-8-33(23-35)47(50)51/h3-4,6-9,12-15,18,21-23,28-29,36-37,43H,2,5,10-11,16-17,19-20,24-27H2,1H3,(H,48,49)/t36-,37-,40-/m0/s1. The number of nitrogens with zero attached hydrogens (tertiary/aromatic N) is 5. The molecule has 0 radical (unpaired) electrons. The van der Waals surface area contributed by atoms with Crippen molar-refractivity contribution in [3.8, 4) is 0 Å². The number of halogens is 1. The van der Waals surface area contributed by atoms with Gasteiger partial charge in [-0.05, 0) is 98.6 Å². The predicted molar refractivity (Wildman–Crippen MR) is 202 cm³/mol. The summed E-state index contributed by atoms with van der Waals surface area (Å²) in [4.78, 5) is 31.9. The molecule has 7 rings (SSSR count). The number of hydrogen-bond donors (Lipinski definition) is 2. The first-order chi connectivity index (χ1) is 26.0. The van der Waals surface area contributed by atoms with E-state index in [1.807, 2.05) is 18.5 Å². The van der Waals surface area contributed by atoms with Crippen molar-refractivity contribution in [3.63, 3.8) is 0 Å². The maximum Gasteiger partial charge on any atom is 0.404 e. The summed E-state index contributed by atoms with van der Waals surface area (Å²) in [5.41, 5.74) is 1.07. The number of non-ortho nitro benzene ring substituents is 1. The summed E-state index contributed by atoms with van der Waals surface area (Å²) < 4.78 is 43.6. The molecule has 3 heterocycles. The summed E-state index contributed by atoms with van der Waals surface area (Å²) in [7, 11) is -3.91. The van der Waals surface area contributed by atoms with Crippen LogP contribution >= 0.6 is 0 Å². The number of rotatable bonds is 13. The maximum absolute atomic E-state index is 15.1. The van der Waals surface area contributed by atoms with Gasteiger partial charge in [-0.3, -0.25) is 10.1 Å². The third kappa shape index (κ3) is 7.45. The number of nitro groups is 1. The van der Waals surface area contributed by atoms with E-state index in [-0.39, 0.29) is 39.2 Å². The number of anilines is 1. The number of benzene rings is 3. The van der Waals surface area contributed by atoms with Crippen LogP contribution < -0.4 is 10.2 Å². The molecule has 2 aliphatic heterocycles. The first kappa shape index (κ1) is 37.5. The van der Waals surface area contributed by atoms with Gasteiger partial charge in [0, 0.05) is 80.2 Å². The summed E-state index contributed by atoms with van der Waals surface area (Å²) in [5.74, 6) is 1.30. The molecule has 2 N–H and O–H groups in total. The summed E-state index contributed by atoms with van der Waals surface area (Å²) in [6, 6.07) is 18.5. The van der Waals surface area contributed by atoms with Crippen molar-refractivity contribution in [3.05, 3.63) is 113 Å². The summed E-state index contributed by atoms with van der Waals surface area (Å²) in [6.45, 7) is 7.08. The minimum atomic E-state index is -3.91. The highest BCUT2D eigenvalue weighted by Crippen LogP contribution is 2.52. The molecule has 2 saturated heterocycles. The van der Waals surface area contributed by atoms with E-state index >= 15 is 4.39 Å². The first-order valence-corrected chi connectivity index (χ1v) is 20.3.